The van der Waals surface area contributed by atoms with Crippen molar-refractivity contribution in [2.24, 2.45) is 0 Å². The third-order valence-corrected chi connectivity index (χ3v) is 2.54. The zero-order chi connectivity index (χ0) is 13.1. The van der Waals surface area contributed by atoms with Crippen molar-refractivity contribution in [3.63, 3.8) is 0 Å². The second-order valence-electron chi connectivity index (χ2n) is 3.75. The number of carbonyl (C=O) groups excluding carboxylic acids is 1. The van der Waals surface area contributed by atoms with E-state index in [2.05, 4.69) is 0 Å². The fraction of sp³-hybridized carbons (Fsp3) is 0.154. The summed E-state index contributed by atoms with van der Waals surface area (Å²) in [7, 11) is 0. The smallest absolute Gasteiger partial charge is 0.270 e. The van der Waals surface area contributed by atoms with Crippen LogP contribution in [0.2, 0.25) is 0 Å². The minimum atomic E-state index is -0.468. The number of nitro groups is 1. The van der Waals surface area contributed by atoms with E-state index in [9.17, 15) is 14.9 Å². The highest BCUT2D eigenvalue weighted by atomic mass is 16.6. The van der Waals surface area contributed by atoms with Crippen LogP contribution >= 0.6 is 0 Å². The van der Waals surface area contributed by atoms with E-state index < -0.39 is 4.92 Å². The van der Waals surface area contributed by atoms with Crippen LogP contribution in [0.3, 0.4) is 0 Å². The van der Waals surface area contributed by atoms with Crippen LogP contribution in [0.25, 0.3) is 11.3 Å². The van der Waals surface area contributed by atoms with Gasteiger partial charge in [-0.2, -0.15) is 0 Å². The highest BCUT2D eigenvalue weighted by molar-refractivity contribution is 5.93. The molecule has 5 nitrogen and oxygen atoms in total. The van der Waals surface area contributed by atoms with Crippen molar-refractivity contribution in [3.8, 4) is 11.3 Å². The van der Waals surface area contributed by atoms with Crippen LogP contribution in [0, 0.1) is 10.1 Å². The molecule has 1 heterocycles. The molecule has 0 aliphatic carbocycles. The van der Waals surface area contributed by atoms with Gasteiger partial charge in [-0.25, -0.2) is 0 Å². The summed E-state index contributed by atoms with van der Waals surface area (Å²) in [5.41, 5.74) is 0.576. The molecule has 0 saturated carbocycles. The number of ketones is 1. The molecule has 0 radical (unpaired) electrons. The number of carbonyl (C=O) groups is 1. The molecular weight excluding hydrogens is 234 g/mol. The molecule has 2 aromatic rings. The maximum absolute atomic E-state index is 11.4. The van der Waals surface area contributed by atoms with Gasteiger partial charge >= 0.3 is 0 Å². The zero-order valence-electron chi connectivity index (χ0n) is 9.75. The minimum Gasteiger partial charge on any atom is -0.453 e. The van der Waals surface area contributed by atoms with Crippen LogP contribution < -0.4 is 0 Å². The topological polar surface area (TPSA) is 73.3 Å². The summed E-state index contributed by atoms with van der Waals surface area (Å²) in [6.45, 7) is 1.75. The fourth-order valence-electron chi connectivity index (χ4n) is 1.59. The molecule has 0 N–H and O–H groups in total. The van der Waals surface area contributed by atoms with Gasteiger partial charge in [0.05, 0.1) is 4.92 Å². The summed E-state index contributed by atoms with van der Waals surface area (Å²) in [6, 6.07) is 9.33. The Morgan fingerprint density at radius 3 is 2.78 bits per heavy atom. The maximum atomic E-state index is 11.4. The summed E-state index contributed by atoms with van der Waals surface area (Å²) in [4.78, 5) is 21.6. The largest absolute Gasteiger partial charge is 0.453 e. The molecule has 0 bridgehead atoms. The SMILES string of the molecule is CCC(=O)c1ccc(-c2cccc([N+](=O)[O-])c2)o1. The van der Waals surface area contributed by atoms with Gasteiger partial charge in [-0.3, -0.25) is 14.9 Å². The lowest BCUT2D eigenvalue weighted by atomic mass is 10.1. The number of nitro benzene ring substituents is 1. The van der Waals surface area contributed by atoms with Gasteiger partial charge in [0.1, 0.15) is 5.76 Å². The summed E-state index contributed by atoms with van der Waals surface area (Å²) >= 11 is 0. The Labute approximate surface area is 103 Å². The second-order valence-corrected chi connectivity index (χ2v) is 3.75. The van der Waals surface area contributed by atoms with Gasteiger partial charge in [0.2, 0.25) is 0 Å². The lowest BCUT2D eigenvalue weighted by Crippen LogP contribution is -1.92. The summed E-state index contributed by atoms with van der Waals surface area (Å²) in [5.74, 6) is 0.640. The summed E-state index contributed by atoms with van der Waals surface area (Å²) < 4.78 is 5.38. The lowest BCUT2D eigenvalue weighted by Gasteiger charge is -1.97. The first-order valence-electron chi connectivity index (χ1n) is 5.49. The van der Waals surface area contributed by atoms with E-state index in [1.165, 1.54) is 12.1 Å². The molecule has 1 aromatic carbocycles. The highest BCUT2D eigenvalue weighted by Gasteiger charge is 2.12. The van der Waals surface area contributed by atoms with E-state index in [0.717, 1.165) is 0 Å². The van der Waals surface area contributed by atoms with Crippen molar-refractivity contribution < 1.29 is 14.1 Å². The van der Waals surface area contributed by atoms with Crippen LogP contribution in [0.5, 0.6) is 0 Å². The van der Waals surface area contributed by atoms with Crippen molar-refractivity contribution in [2.45, 2.75) is 13.3 Å². The molecule has 18 heavy (non-hydrogen) atoms. The molecule has 0 fully saturated rings. The van der Waals surface area contributed by atoms with Crippen molar-refractivity contribution in [1.29, 1.82) is 0 Å². The summed E-state index contributed by atoms with van der Waals surface area (Å²) in [5, 5.41) is 10.7. The standard InChI is InChI=1S/C13H11NO4/c1-2-11(15)13-7-6-12(18-13)9-4-3-5-10(8-9)14(16)17/h3-8H,2H2,1H3. The third-order valence-electron chi connectivity index (χ3n) is 2.54. The molecule has 2 rings (SSSR count). The van der Waals surface area contributed by atoms with Crippen molar-refractivity contribution in [2.75, 3.05) is 0 Å². The van der Waals surface area contributed by atoms with E-state index in [0.29, 0.717) is 17.7 Å². The molecule has 0 atom stereocenters. The number of nitrogens with zero attached hydrogens (tertiary/aromatic N) is 1. The summed E-state index contributed by atoms with van der Waals surface area (Å²) in [6.07, 6.45) is 0.363. The predicted molar refractivity (Wildman–Crippen MR) is 65.4 cm³/mol. The van der Waals surface area contributed by atoms with Gasteiger partial charge in [-0.1, -0.05) is 19.1 Å². The number of non-ortho nitro benzene ring substituents is 1. The maximum Gasteiger partial charge on any atom is 0.270 e. The lowest BCUT2D eigenvalue weighted by molar-refractivity contribution is -0.384. The fourth-order valence-corrected chi connectivity index (χ4v) is 1.59. The Morgan fingerprint density at radius 2 is 2.11 bits per heavy atom. The van der Waals surface area contributed by atoms with E-state index >= 15 is 0 Å². The van der Waals surface area contributed by atoms with Crippen LogP contribution in [0.1, 0.15) is 23.9 Å². The molecule has 5 heteroatoms. The molecule has 92 valence electrons. The number of benzene rings is 1. The van der Waals surface area contributed by atoms with Gasteiger partial charge in [0.25, 0.3) is 5.69 Å². The number of furan rings is 1. The van der Waals surface area contributed by atoms with Crippen molar-refractivity contribution in [1.82, 2.24) is 0 Å². The third kappa shape index (κ3) is 2.29. The van der Waals surface area contributed by atoms with Gasteiger partial charge in [0, 0.05) is 24.1 Å². The first-order valence-corrected chi connectivity index (χ1v) is 5.49. The molecule has 0 saturated heterocycles. The average Bonchev–Trinajstić information content (AvgIpc) is 2.87. The number of rotatable bonds is 4. The molecule has 0 aliphatic heterocycles. The number of hydrogen-bond donors (Lipinski definition) is 0. The Hall–Kier alpha value is -2.43. The quantitative estimate of drug-likeness (QED) is 0.469. The van der Waals surface area contributed by atoms with E-state index in [-0.39, 0.29) is 17.2 Å². The van der Waals surface area contributed by atoms with E-state index in [1.807, 2.05) is 0 Å². The monoisotopic (exact) mass is 245 g/mol. The zero-order valence-corrected chi connectivity index (χ0v) is 9.75. The van der Waals surface area contributed by atoms with Gasteiger partial charge in [-0.15, -0.1) is 0 Å². The Bertz CT molecular complexity index is 601. The molecule has 0 unspecified atom stereocenters. The molecular formula is C13H11NO4. The predicted octanol–water partition coefficient (Wildman–Crippen LogP) is 3.45. The normalized spacial score (nSPS) is 10.3. The molecule has 0 aliphatic rings. The van der Waals surface area contributed by atoms with Crippen molar-refractivity contribution >= 4 is 11.5 Å². The van der Waals surface area contributed by atoms with E-state index in [1.54, 1.807) is 31.2 Å². The van der Waals surface area contributed by atoms with Crippen LogP contribution in [-0.4, -0.2) is 10.7 Å². The molecule has 0 amide bonds. The van der Waals surface area contributed by atoms with E-state index in [4.69, 9.17) is 4.42 Å². The Kier molecular flexibility index (Phi) is 3.23. The van der Waals surface area contributed by atoms with Crippen molar-refractivity contribution in [3.05, 3.63) is 52.3 Å². The van der Waals surface area contributed by atoms with Crippen LogP contribution in [0.15, 0.2) is 40.8 Å². The van der Waals surface area contributed by atoms with Crippen LogP contribution in [0.4, 0.5) is 5.69 Å². The Balaban J connectivity index is 2.37. The van der Waals surface area contributed by atoms with Gasteiger partial charge in [-0.05, 0) is 12.1 Å². The molecule has 1 aromatic heterocycles. The average molecular weight is 245 g/mol. The van der Waals surface area contributed by atoms with Crippen LogP contribution in [-0.2, 0) is 0 Å². The minimum absolute atomic E-state index is 0.00716. The van der Waals surface area contributed by atoms with Gasteiger partial charge in [0.15, 0.2) is 11.5 Å². The van der Waals surface area contributed by atoms with Gasteiger partial charge < -0.3 is 4.42 Å². The first kappa shape index (κ1) is 12.0. The number of hydrogen-bond acceptors (Lipinski definition) is 4. The second kappa shape index (κ2) is 4.83. The first-order chi connectivity index (χ1) is 8.61. The Morgan fingerprint density at radius 1 is 1.33 bits per heavy atom. The molecule has 0 spiro atoms. The number of Topliss-reactive ketones (excluding diaryl/α,β-unsaturated/α-hetero) is 1. The highest BCUT2D eigenvalue weighted by Crippen LogP contribution is 2.26.